The first kappa shape index (κ1) is 16.1. The molecule has 0 aliphatic heterocycles. The average molecular weight is 366 g/mol. The third-order valence-electron chi connectivity index (χ3n) is 3.63. The molecule has 130 valence electrons. The van der Waals surface area contributed by atoms with E-state index in [1.54, 1.807) is 33.5 Å². The van der Waals surface area contributed by atoms with E-state index >= 15 is 0 Å². The van der Waals surface area contributed by atoms with Crippen LogP contribution in [-0.4, -0.2) is 40.4 Å². The molecule has 0 radical (unpaired) electrons. The molecule has 0 aliphatic carbocycles. The van der Waals surface area contributed by atoms with E-state index in [-0.39, 0.29) is 5.91 Å². The van der Waals surface area contributed by atoms with Crippen LogP contribution in [0.4, 0.5) is 0 Å². The van der Waals surface area contributed by atoms with Crippen LogP contribution in [0.3, 0.4) is 0 Å². The maximum atomic E-state index is 12.4. The van der Waals surface area contributed by atoms with E-state index in [0.29, 0.717) is 18.1 Å². The molecule has 10 heteroatoms. The molecule has 4 aromatic heterocycles. The van der Waals surface area contributed by atoms with Gasteiger partial charge in [-0.1, -0.05) is 6.07 Å². The summed E-state index contributed by atoms with van der Waals surface area (Å²) in [7, 11) is 1.84. The van der Waals surface area contributed by atoms with E-state index in [1.807, 2.05) is 25.4 Å². The number of nitrogens with zero attached hydrogens (tertiary/aromatic N) is 7. The number of carbonyl (C=O) groups excluding carboxylic acids is 1. The molecule has 0 saturated heterocycles. The Labute approximate surface area is 152 Å². The average Bonchev–Trinajstić information content (AvgIpc) is 3.40. The minimum atomic E-state index is -0.246. The van der Waals surface area contributed by atoms with Gasteiger partial charge in [0.05, 0.1) is 6.20 Å². The number of thiazole rings is 1. The number of aryl methyl sites for hydroxylation is 1. The van der Waals surface area contributed by atoms with Gasteiger partial charge in [-0.2, -0.15) is 10.2 Å². The number of rotatable bonds is 5. The highest BCUT2D eigenvalue weighted by molar-refractivity contribution is 7.13. The van der Waals surface area contributed by atoms with Crippen LogP contribution in [0, 0.1) is 0 Å². The summed E-state index contributed by atoms with van der Waals surface area (Å²) < 4.78 is 3.26. The maximum Gasteiger partial charge on any atom is 0.271 e. The van der Waals surface area contributed by atoms with Crippen molar-refractivity contribution in [2.75, 3.05) is 0 Å². The lowest BCUT2D eigenvalue weighted by Crippen LogP contribution is -2.24. The fourth-order valence-corrected chi connectivity index (χ4v) is 3.18. The second-order valence-electron chi connectivity index (χ2n) is 5.45. The van der Waals surface area contributed by atoms with Crippen molar-refractivity contribution in [3.63, 3.8) is 0 Å². The van der Waals surface area contributed by atoms with Gasteiger partial charge < -0.3 is 5.32 Å². The Morgan fingerprint density at radius 1 is 1.35 bits per heavy atom. The van der Waals surface area contributed by atoms with Crippen molar-refractivity contribution < 1.29 is 4.79 Å². The molecule has 26 heavy (non-hydrogen) atoms. The number of hydrogen-bond donors (Lipinski definition) is 1. The predicted molar refractivity (Wildman–Crippen MR) is 94.6 cm³/mol. The first-order chi connectivity index (χ1) is 12.7. The Morgan fingerprint density at radius 2 is 2.27 bits per heavy atom. The molecule has 0 saturated carbocycles. The van der Waals surface area contributed by atoms with Crippen LogP contribution in [0.2, 0.25) is 0 Å². The summed E-state index contributed by atoms with van der Waals surface area (Å²) in [6.45, 7) is 0.307. The number of amides is 1. The van der Waals surface area contributed by atoms with Crippen LogP contribution in [-0.2, 0) is 13.6 Å². The van der Waals surface area contributed by atoms with Crippen molar-refractivity contribution in [1.29, 1.82) is 0 Å². The predicted octanol–water partition coefficient (Wildman–Crippen LogP) is 1.45. The van der Waals surface area contributed by atoms with Crippen molar-refractivity contribution in [3.8, 4) is 16.4 Å². The minimum absolute atomic E-state index is 0.246. The molecule has 0 spiro atoms. The van der Waals surface area contributed by atoms with Gasteiger partial charge in [0.15, 0.2) is 5.82 Å². The fraction of sp³-hybridized carbons (Fsp3) is 0.125. The zero-order valence-corrected chi connectivity index (χ0v) is 14.6. The zero-order valence-electron chi connectivity index (χ0n) is 13.8. The highest BCUT2D eigenvalue weighted by atomic mass is 32.1. The van der Waals surface area contributed by atoms with Crippen LogP contribution >= 0.6 is 11.3 Å². The highest BCUT2D eigenvalue weighted by Gasteiger charge is 2.14. The fourth-order valence-electron chi connectivity index (χ4n) is 2.40. The molecular formula is C16H14N8OS. The Hall–Kier alpha value is -3.40. The van der Waals surface area contributed by atoms with Gasteiger partial charge >= 0.3 is 0 Å². The molecule has 1 amide bonds. The summed E-state index contributed by atoms with van der Waals surface area (Å²) in [6, 6.07) is 3.69. The number of carbonyl (C=O) groups is 1. The van der Waals surface area contributed by atoms with Crippen molar-refractivity contribution in [3.05, 3.63) is 60.0 Å². The summed E-state index contributed by atoms with van der Waals surface area (Å²) in [6.07, 6.45) is 8.25. The lowest BCUT2D eigenvalue weighted by atomic mass is 10.2. The second-order valence-corrected chi connectivity index (χ2v) is 6.31. The lowest BCUT2D eigenvalue weighted by Gasteiger charge is -2.08. The molecule has 0 aliphatic rings. The number of nitrogens with one attached hydrogen (secondary N) is 1. The monoisotopic (exact) mass is 366 g/mol. The third kappa shape index (κ3) is 3.22. The standard InChI is InChI=1S/C16H14N8OS/c1-23-7-12(6-20-23)16-22-13(8-26-16)15(25)19-5-11-3-2-4-18-14(11)24-10-17-9-21-24/h2-4,6-10H,5H2,1H3,(H,19,25). The lowest BCUT2D eigenvalue weighted by molar-refractivity contribution is 0.0946. The van der Waals surface area contributed by atoms with Gasteiger partial charge in [0.1, 0.15) is 23.4 Å². The molecule has 0 unspecified atom stereocenters. The quantitative estimate of drug-likeness (QED) is 0.573. The largest absolute Gasteiger partial charge is 0.346 e. The van der Waals surface area contributed by atoms with Crippen LogP contribution < -0.4 is 5.32 Å². The second kappa shape index (κ2) is 6.84. The van der Waals surface area contributed by atoms with E-state index in [4.69, 9.17) is 0 Å². The molecule has 4 heterocycles. The molecule has 0 fully saturated rings. The Kier molecular flexibility index (Phi) is 4.23. The highest BCUT2D eigenvalue weighted by Crippen LogP contribution is 2.23. The van der Waals surface area contributed by atoms with Crippen LogP contribution in [0.1, 0.15) is 16.1 Å². The van der Waals surface area contributed by atoms with Crippen molar-refractivity contribution >= 4 is 17.2 Å². The summed E-state index contributed by atoms with van der Waals surface area (Å²) in [4.78, 5) is 25.0. The van der Waals surface area contributed by atoms with E-state index in [0.717, 1.165) is 16.1 Å². The normalized spacial score (nSPS) is 10.8. The number of hydrogen-bond acceptors (Lipinski definition) is 7. The van der Waals surface area contributed by atoms with Crippen molar-refractivity contribution in [1.82, 2.24) is 39.8 Å². The molecule has 9 nitrogen and oxygen atoms in total. The minimum Gasteiger partial charge on any atom is -0.346 e. The molecule has 0 atom stereocenters. The summed E-state index contributed by atoms with van der Waals surface area (Å²) >= 11 is 1.41. The van der Waals surface area contributed by atoms with Gasteiger partial charge in [0.2, 0.25) is 0 Å². The molecule has 4 rings (SSSR count). The molecule has 4 aromatic rings. The Bertz CT molecular complexity index is 1040. The van der Waals surface area contributed by atoms with E-state index in [9.17, 15) is 4.79 Å². The van der Waals surface area contributed by atoms with Crippen LogP contribution in [0.5, 0.6) is 0 Å². The van der Waals surface area contributed by atoms with Gasteiger partial charge in [0.25, 0.3) is 5.91 Å². The van der Waals surface area contributed by atoms with Crippen molar-refractivity contribution in [2.24, 2.45) is 7.05 Å². The van der Waals surface area contributed by atoms with Gasteiger partial charge in [-0.15, -0.1) is 11.3 Å². The van der Waals surface area contributed by atoms with Crippen molar-refractivity contribution in [2.45, 2.75) is 6.54 Å². The van der Waals surface area contributed by atoms with E-state index in [2.05, 4.69) is 30.5 Å². The Morgan fingerprint density at radius 3 is 3.04 bits per heavy atom. The SMILES string of the molecule is Cn1cc(-c2nc(C(=O)NCc3cccnc3-n3cncn3)cs2)cn1. The Balaban J connectivity index is 1.48. The first-order valence-electron chi connectivity index (χ1n) is 7.72. The molecule has 0 aromatic carbocycles. The van der Waals surface area contributed by atoms with Gasteiger partial charge in [-0.3, -0.25) is 9.48 Å². The van der Waals surface area contributed by atoms with Gasteiger partial charge in [-0.25, -0.2) is 19.6 Å². The van der Waals surface area contributed by atoms with Gasteiger partial charge in [-0.05, 0) is 6.07 Å². The molecule has 1 N–H and O–H groups in total. The maximum absolute atomic E-state index is 12.4. The van der Waals surface area contributed by atoms with Crippen LogP contribution in [0.25, 0.3) is 16.4 Å². The molecule has 0 bridgehead atoms. The number of aromatic nitrogens is 7. The molecular weight excluding hydrogens is 352 g/mol. The first-order valence-corrected chi connectivity index (χ1v) is 8.60. The number of pyridine rings is 1. The van der Waals surface area contributed by atoms with Crippen LogP contribution in [0.15, 0.2) is 48.8 Å². The van der Waals surface area contributed by atoms with Gasteiger partial charge in [0, 0.05) is 42.5 Å². The van der Waals surface area contributed by atoms with E-state index in [1.165, 1.54) is 17.7 Å². The topological polar surface area (TPSA) is 103 Å². The smallest absolute Gasteiger partial charge is 0.271 e. The summed E-state index contributed by atoms with van der Waals surface area (Å²) in [5.74, 6) is 0.379. The summed E-state index contributed by atoms with van der Waals surface area (Å²) in [5.41, 5.74) is 2.09. The van der Waals surface area contributed by atoms with E-state index < -0.39 is 0 Å². The summed E-state index contributed by atoms with van der Waals surface area (Å²) in [5, 5.41) is 13.6. The zero-order chi connectivity index (χ0) is 17.9. The third-order valence-corrected chi connectivity index (χ3v) is 4.52.